The van der Waals surface area contributed by atoms with Crippen molar-refractivity contribution in [3.05, 3.63) is 35.2 Å². The highest BCUT2D eigenvalue weighted by atomic mass is 19.4. The smallest absolute Gasteiger partial charge is 0.385 e. The van der Waals surface area contributed by atoms with Gasteiger partial charge in [0.15, 0.2) is 11.6 Å². The van der Waals surface area contributed by atoms with Crippen LogP contribution in [0.1, 0.15) is 30.0 Å². The van der Waals surface area contributed by atoms with Gasteiger partial charge in [-0.05, 0) is 25.1 Å². The normalized spacial score (nSPS) is 13.0. The molecule has 1 atom stereocenters. The molecule has 1 aromatic carbocycles. The molecule has 1 unspecified atom stereocenters. The van der Waals surface area contributed by atoms with E-state index in [9.17, 15) is 18.3 Å². The number of rotatable bonds is 2. The third-order valence-electron chi connectivity index (χ3n) is 2.98. The molecule has 110 valence electrons. The summed E-state index contributed by atoms with van der Waals surface area (Å²) in [5, 5.41) is 25.6. The molecule has 1 aromatic heterocycles. The summed E-state index contributed by atoms with van der Waals surface area (Å²) in [4.78, 5) is 0. The molecule has 0 spiro atoms. The topological polar surface area (TPSA) is 74.7 Å². The number of hydrogen-bond acceptors (Lipinski definition) is 4. The molecule has 0 saturated heterocycles. The van der Waals surface area contributed by atoms with E-state index in [4.69, 9.17) is 5.26 Å². The molecule has 0 bridgehead atoms. The Balaban J connectivity index is 2.67. The minimum atomic E-state index is -4.63. The molecule has 5 nitrogen and oxygen atoms in total. The molecule has 21 heavy (non-hydrogen) atoms. The predicted molar refractivity (Wildman–Crippen MR) is 66.8 cm³/mol. The fourth-order valence-corrected chi connectivity index (χ4v) is 1.98. The van der Waals surface area contributed by atoms with Crippen molar-refractivity contribution >= 4 is 0 Å². The van der Waals surface area contributed by atoms with Crippen molar-refractivity contribution in [1.82, 2.24) is 14.8 Å². The second-order valence-electron chi connectivity index (χ2n) is 4.49. The lowest BCUT2D eigenvalue weighted by Gasteiger charge is -2.13. The van der Waals surface area contributed by atoms with Gasteiger partial charge in [-0.25, -0.2) is 0 Å². The maximum absolute atomic E-state index is 13.1. The molecule has 0 amide bonds. The predicted octanol–water partition coefficient (Wildman–Crippen LogP) is 2.43. The van der Waals surface area contributed by atoms with E-state index in [-0.39, 0.29) is 22.8 Å². The van der Waals surface area contributed by atoms with Gasteiger partial charge in [-0.15, -0.1) is 10.2 Å². The standard InChI is InChI=1S/C13H11F3N4O/c1-7(21)11-18-19-12(20(11)2)9-4-3-8(6-17)5-10(9)13(14,15)16/h3-5,7,21H,1-2H3. The fraction of sp³-hybridized carbons (Fsp3) is 0.308. The number of hydrogen-bond donors (Lipinski definition) is 1. The molecule has 2 aromatic rings. The molecule has 0 saturated carbocycles. The molecular formula is C13H11F3N4O. The van der Waals surface area contributed by atoms with Crippen molar-refractivity contribution in [1.29, 1.82) is 5.26 Å². The lowest BCUT2D eigenvalue weighted by molar-refractivity contribution is -0.137. The van der Waals surface area contributed by atoms with Crippen molar-refractivity contribution in [2.75, 3.05) is 0 Å². The molecule has 0 radical (unpaired) electrons. The Morgan fingerprint density at radius 1 is 1.33 bits per heavy atom. The van der Waals surface area contributed by atoms with E-state index >= 15 is 0 Å². The highest BCUT2D eigenvalue weighted by molar-refractivity contribution is 5.63. The van der Waals surface area contributed by atoms with Crippen LogP contribution in [0, 0.1) is 11.3 Å². The van der Waals surface area contributed by atoms with Gasteiger partial charge < -0.3 is 9.67 Å². The van der Waals surface area contributed by atoms with Crippen LogP contribution in [0.25, 0.3) is 11.4 Å². The van der Waals surface area contributed by atoms with Crippen LogP contribution in [-0.4, -0.2) is 19.9 Å². The zero-order valence-electron chi connectivity index (χ0n) is 11.2. The zero-order chi connectivity index (χ0) is 15.8. The number of nitrogens with zero attached hydrogens (tertiary/aromatic N) is 4. The Labute approximate surface area is 118 Å². The second-order valence-corrected chi connectivity index (χ2v) is 4.49. The number of nitriles is 1. The van der Waals surface area contributed by atoms with Crippen LogP contribution in [-0.2, 0) is 13.2 Å². The Hall–Kier alpha value is -2.40. The Morgan fingerprint density at radius 2 is 2.00 bits per heavy atom. The van der Waals surface area contributed by atoms with Crippen LogP contribution >= 0.6 is 0 Å². The molecule has 1 N–H and O–H groups in total. The molecule has 0 fully saturated rings. The number of alkyl halides is 3. The maximum atomic E-state index is 13.1. The van der Waals surface area contributed by atoms with Crippen LogP contribution in [0.3, 0.4) is 0 Å². The monoisotopic (exact) mass is 296 g/mol. The van der Waals surface area contributed by atoms with E-state index < -0.39 is 17.8 Å². The molecule has 1 heterocycles. The van der Waals surface area contributed by atoms with Crippen LogP contribution in [0.15, 0.2) is 18.2 Å². The largest absolute Gasteiger partial charge is 0.417 e. The minimum absolute atomic E-state index is 0.0253. The van der Waals surface area contributed by atoms with Crippen molar-refractivity contribution < 1.29 is 18.3 Å². The second kappa shape index (κ2) is 5.18. The molecular weight excluding hydrogens is 285 g/mol. The van der Waals surface area contributed by atoms with E-state index in [1.54, 1.807) is 6.07 Å². The first-order valence-corrected chi connectivity index (χ1v) is 5.94. The van der Waals surface area contributed by atoms with Gasteiger partial charge in [-0.1, -0.05) is 0 Å². The maximum Gasteiger partial charge on any atom is 0.417 e. The number of benzene rings is 1. The average Bonchev–Trinajstić information content (AvgIpc) is 2.79. The Kier molecular flexibility index (Phi) is 3.70. The van der Waals surface area contributed by atoms with Gasteiger partial charge in [0.1, 0.15) is 6.10 Å². The van der Waals surface area contributed by atoms with Crippen molar-refractivity contribution in [3.8, 4) is 17.5 Å². The first-order chi connectivity index (χ1) is 9.75. The van der Waals surface area contributed by atoms with E-state index in [1.165, 1.54) is 30.7 Å². The van der Waals surface area contributed by atoms with Crippen molar-refractivity contribution in [2.45, 2.75) is 19.2 Å². The van der Waals surface area contributed by atoms with Gasteiger partial charge in [0.25, 0.3) is 0 Å². The van der Waals surface area contributed by atoms with Crippen LogP contribution < -0.4 is 0 Å². The summed E-state index contributed by atoms with van der Waals surface area (Å²) in [5.74, 6) is 0.130. The first-order valence-electron chi connectivity index (χ1n) is 5.94. The number of aromatic nitrogens is 3. The van der Waals surface area contributed by atoms with E-state index in [0.717, 1.165) is 6.07 Å². The average molecular weight is 296 g/mol. The van der Waals surface area contributed by atoms with Gasteiger partial charge in [0.05, 0.1) is 17.2 Å². The Bertz CT molecular complexity index is 713. The summed E-state index contributed by atoms with van der Waals surface area (Å²) in [7, 11) is 1.47. The van der Waals surface area contributed by atoms with E-state index in [2.05, 4.69) is 10.2 Å². The Morgan fingerprint density at radius 3 is 2.48 bits per heavy atom. The van der Waals surface area contributed by atoms with Gasteiger partial charge in [-0.2, -0.15) is 18.4 Å². The lowest BCUT2D eigenvalue weighted by atomic mass is 10.0. The lowest BCUT2D eigenvalue weighted by Crippen LogP contribution is -2.10. The summed E-state index contributed by atoms with van der Waals surface area (Å²) < 4.78 is 40.7. The van der Waals surface area contributed by atoms with E-state index in [1.807, 2.05) is 0 Å². The number of aliphatic hydroxyl groups is 1. The third-order valence-corrected chi connectivity index (χ3v) is 2.98. The SMILES string of the molecule is CC(O)c1nnc(-c2ccc(C#N)cc2C(F)(F)F)n1C. The zero-order valence-corrected chi connectivity index (χ0v) is 11.2. The minimum Gasteiger partial charge on any atom is -0.385 e. The van der Waals surface area contributed by atoms with Crippen LogP contribution in [0.2, 0.25) is 0 Å². The first kappa shape index (κ1) is 15.0. The molecule has 0 aliphatic carbocycles. The quantitative estimate of drug-likeness (QED) is 0.923. The summed E-state index contributed by atoms with van der Waals surface area (Å²) in [6.07, 6.45) is -5.58. The fourth-order valence-electron chi connectivity index (χ4n) is 1.98. The molecule has 0 aliphatic rings. The highest BCUT2D eigenvalue weighted by Crippen LogP contribution is 2.37. The van der Waals surface area contributed by atoms with Crippen LogP contribution in [0.4, 0.5) is 13.2 Å². The van der Waals surface area contributed by atoms with Gasteiger partial charge in [0, 0.05) is 12.6 Å². The number of aliphatic hydroxyl groups excluding tert-OH is 1. The van der Waals surface area contributed by atoms with E-state index in [0.29, 0.717) is 0 Å². The van der Waals surface area contributed by atoms with Crippen molar-refractivity contribution in [2.24, 2.45) is 7.05 Å². The highest BCUT2D eigenvalue weighted by Gasteiger charge is 2.35. The third kappa shape index (κ3) is 2.73. The number of halogens is 3. The molecule has 2 rings (SSSR count). The summed E-state index contributed by atoms with van der Waals surface area (Å²) in [6, 6.07) is 4.90. The van der Waals surface area contributed by atoms with Gasteiger partial charge in [-0.3, -0.25) is 0 Å². The summed E-state index contributed by atoms with van der Waals surface area (Å²) in [5.41, 5.74) is -1.25. The summed E-state index contributed by atoms with van der Waals surface area (Å²) >= 11 is 0. The van der Waals surface area contributed by atoms with Crippen LogP contribution in [0.5, 0.6) is 0 Å². The van der Waals surface area contributed by atoms with Gasteiger partial charge >= 0.3 is 6.18 Å². The molecule has 8 heteroatoms. The van der Waals surface area contributed by atoms with Gasteiger partial charge in [0.2, 0.25) is 0 Å². The van der Waals surface area contributed by atoms with Crippen molar-refractivity contribution in [3.63, 3.8) is 0 Å². The summed E-state index contributed by atoms with van der Waals surface area (Å²) in [6.45, 7) is 1.44. The molecule has 0 aliphatic heterocycles.